The Morgan fingerprint density at radius 2 is 1.85 bits per heavy atom. The van der Waals surface area contributed by atoms with Gasteiger partial charge in [-0.1, -0.05) is 37.0 Å². The van der Waals surface area contributed by atoms with Crippen molar-refractivity contribution in [3.8, 4) is 5.88 Å². The lowest BCUT2D eigenvalue weighted by Crippen LogP contribution is -2.25. The van der Waals surface area contributed by atoms with Crippen LogP contribution in [0.15, 0.2) is 18.2 Å². The number of aromatic nitrogens is 3. The third kappa shape index (κ3) is 6.57. The van der Waals surface area contributed by atoms with Crippen molar-refractivity contribution in [3.05, 3.63) is 28.2 Å². The molecule has 27 heavy (non-hydrogen) atoms. The van der Waals surface area contributed by atoms with E-state index in [0.29, 0.717) is 22.3 Å². The molecular formula is C17H23Cl2N5O3. The number of rotatable bonds is 9. The molecule has 1 aromatic carbocycles. The minimum Gasteiger partial charge on any atom is -0.437 e. The van der Waals surface area contributed by atoms with Gasteiger partial charge < -0.3 is 19.7 Å². The number of aryl methyl sites for hydroxylation is 1. The molecule has 0 radical (unpaired) electrons. The van der Waals surface area contributed by atoms with E-state index in [1.807, 2.05) is 0 Å². The third-order valence-electron chi connectivity index (χ3n) is 3.82. The number of nitrogens with one attached hydrogen (secondary N) is 1. The summed E-state index contributed by atoms with van der Waals surface area (Å²) >= 11 is 12.0. The fourth-order valence-corrected chi connectivity index (χ4v) is 2.96. The first-order valence-electron chi connectivity index (χ1n) is 8.61. The van der Waals surface area contributed by atoms with Crippen LogP contribution in [0.25, 0.3) is 0 Å². The van der Waals surface area contributed by atoms with Gasteiger partial charge in [-0.05, 0) is 44.3 Å². The molecule has 1 aromatic heterocycles. The molecule has 2 rings (SSSR count). The number of benzene rings is 1. The molecule has 0 saturated carbocycles. The van der Waals surface area contributed by atoms with Crippen LogP contribution in [-0.4, -0.2) is 52.8 Å². The van der Waals surface area contributed by atoms with Gasteiger partial charge in [0, 0.05) is 15.7 Å². The molecule has 0 bridgehead atoms. The van der Waals surface area contributed by atoms with Gasteiger partial charge in [-0.3, -0.25) is 0 Å². The molecule has 1 N–H and O–H groups in total. The van der Waals surface area contributed by atoms with E-state index in [2.05, 4.69) is 39.0 Å². The summed E-state index contributed by atoms with van der Waals surface area (Å²) in [4.78, 5) is 15.3. The number of halogens is 2. The van der Waals surface area contributed by atoms with E-state index in [4.69, 9.17) is 27.9 Å². The van der Waals surface area contributed by atoms with Crippen LogP contribution in [-0.2, 0) is 11.3 Å². The molecule has 0 aliphatic rings. The molecule has 0 spiro atoms. The molecule has 8 nitrogen and oxygen atoms in total. The molecule has 0 aliphatic carbocycles. The van der Waals surface area contributed by atoms with Crippen molar-refractivity contribution in [2.75, 3.05) is 32.1 Å². The van der Waals surface area contributed by atoms with E-state index in [-0.39, 0.29) is 11.7 Å². The highest BCUT2D eigenvalue weighted by atomic mass is 35.5. The summed E-state index contributed by atoms with van der Waals surface area (Å²) in [6, 6.07) is 4.97. The maximum Gasteiger partial charge on any atom is 0.515 e. The highest BCUT2D eigenvalue weighted by Gasteiger charge is 2.17. The average Bonchev–Trinajstić information content (AvgIpc) is 2.99. The summed E-state index contributed by atoms with van der Waals surface area (Å²) in [5, 5.41) is 12.5. The molecule has 0 atom stereocenters. The van der Waals surface area contributed by atoms with E-state index in [0.717, 1.165) is 26.1 Å². The third-order valence-corrected chi connectivity index (χ3v) is 4.26. The first kappa shape index (κ1) is 21.3. The standard InChI is InChI=1S/C17H23Cl2N5O3/c1-4-23(5-2)7-6-8-24-21-15(16(22-24)27-17(25)26-3)20-14-10-12(18)9-13(19)11-14/h9-11H,4-8H2,1-3H3,(H,20,21). The molecule has 10 heteroatoms. The second-order valence-electron chi connectivity index (χ2n) is 5.67. The number of ether oxygens (including phenoxy) is 2. The minimum absolute atomic E-state index is 0.0146. The van der Waals surface area contributed by atoms with E-state index in [1.165, 1.54) is 11.9 Å². The number of anilines is 2. The zero-order valence-electron chi connectivity index (χ0n) is 15.5. The lowest BCUT2D eigenvalue weighted by Gasteiger charge is -2.17. The fourth-order valence-electron chi connectivity index (χ4n) is 2.44. The summed E-state index contributed by atoms with van der Waals surface area (Å²) in [5.74, 6) is 0.280. The topological polar surface area (TPSA) is 81.5 Å². The zero-order chi connectivity index (χ0) is 19.8. The van der Waals surface area contributed by atoms with Crippen LogP contribution in [0.1, 0.15) is 20.3 Å². The molecular weight excluding hydrogens is 393 g/mol. The normalized spacial score (nSPS) is 10.9. The van der Waals surface area contributed by atoms with Gasteiger partial charge >= 0.3 is 6.16 Å². The summed E-state index contributed by atoms with van der Waals surface area (Å²) < 4.78 is 9.62. The SMILES string of the molecule is CCN(CC)CCCn1nc(Nc2cc(Cl)cc(Cl)c2)c(OC(=O)OC)n1. The van der Waals surface area contributed by atoms with Crippen LogP contribution < -0.4 is 10.1 Å². The molecule has 0 unspecified atom stereocenters. The number of hydrogen-bond acceptors (Lipinski definition) is 7. The first-order valence-corrected chi connectivity index (χ1v) is 9.37. The molecule has 2 aromatic rings. The van der Waals surface area contributed by atoms with E-state index < -0.39 is 6.16 Å². The summed E-state index contributed by atoms with van der Waals surface area (Å²) in [5.41, 5.74) is 0.595. The highest BCUT2D eigenvalue weighted by Crippen LogP contribution is 2.28. The van der Waals surface area contributed by atoms with Gasteiger partial charge in [0.15, 0.2) is 0 Å². The van der Waals surface area contributed by atoms with Crippen molar-refractivity contribution in [2.24, 2.45) is 0 Å². The van der Waals surface area contributed by atoms with Gasteiger partial charge in [0.1, 0.15) is 0 Å². The van der Waals surface area contributed by atoms with Crippen molar-refractivity contribution in [2.45, 2.75) is 26.8 Å². The van der Waals surface area contributed by atoms with Gasteiger partial charge in [0.25, 0.3) is 5.88 Å². The van der Waals surface area contributed by atoms with Gasteiger partial charge in [0.05, 0.1) is 13.7 Å². The maximum absolute atomic E-state index is 11.5. The Hall–Kier alpha value is -2.03. The van der Waals surface area contributed by atoms with Crippen LogP contribution in [0.2, 0.25) is 10.0 Å². The average molecular weight is 416 g/mol. The Kier molecular flexibility index (Phi) is 8.15. The fraction of sp³-hybridized carbons (Fsp3) is 0.471. The summed E-state index contributed by atoms with van der Waals surface area (Å²) in [6.45, 7) is 7.72. The first-order chi connectivity index (χ1) is 12.9. The van der Waals surface area contributed by atoms with Crippen molar-refractivity contribution < 1.29 is 14.3 Å². The number of hydrogen-bond donors (Lipinski definition) is 1. The van der Waals surface area contributed by atoms with Gasteiger partial charge in [-0.25, -0.2) is 4.79 Å². The summed E-state index contributed by atoms with van der Waals surface area (Å²) in [7, 11) is 1.22. The lowest BCUT2D eigenvalue weighted by atomic mass is 10.3. The Balaban J connectivity index is 2.15. The van der Waals surface area contributed by atoms with Crippen molar-refractivity contribution in [1.82, 2.24) is 19.9 Å². The van der Waals surface area contributed by atoms with Gasteiger partial charge in [0.2, 0.25) is 5.82 Å². The lowest BCUT2D eigenvalue weighted by molar-refractivity contribution is 0.119. The van der Waals surface area contributed by atoms with E-state index in [1.54, 1.807) is 18.2 Å². The number of carbonyl (C=O) groups excluding carboxylic acids is 1. The monoisotopic (exact) mass is 415 g/mol. The smallest absolute Gasteiger partial charge is 0.437 e. The minimum atomic E-state index is -0.877. The van der Waals surface area contributed by atoms with Crippen LogP contribution in [0.4, 0.5) is 16.3 Å². The summed E-state index contributed by atoms with van der Waals surface area (Å²) in [6.07, 6.45) is -0.0198. The molecule has 0 aliphatic heterocycles. The van der Waals surface area contributed by atoms with Crippen LogP contribution in [0.3, 0.4) is 0 Å². The van der Waals surface area contributed by atoms with Crippen molar-refractivity contribution >= 4 is 40.9 Å². The highest BCUT2D eigenvalue weighted by molar-refractivity contribution is 6.35. The second-order valence-corrected chi connectivity index (χ2v) is 6.54. The predicted molar refractivity (Wildman–Crippen MR) is 105 cm³/mol. The molecule has 148 valence electrons. The Bertz CT molecular complexity index is 745. The number of nitrogens with zero attached hydrogens (tertiary/aromatic N) is 4. The van der Waals surface area contributed by atoms with Gasteiger partial charge in [-0.2, -0.15) is 4.80 Å². The van der Waals surface area contributed by atoms with Crippen LogP contribution in [0, 0.1) is 0 Å². The van der Waals surface area contributed by atoms with Crippen molar-refractivity contribution in [3.63, 3.8) is 0 Å². The molecule has 1 heterocycles. The van der Waals surface area contributed by atoms with E-state index >= 15 is 0 Å². The second kappa shape index (κ2) is 10.3. The molecule has 0 saturated heterocycles. The zero-order valence-corrected chi connectivity index (χ0v) is 17.0. The Morgan fingerprint density at radius 3 is 2.44 bits per heavy atom. The Morgan fingerprint density at radius 1 is 1.19 bits per heavy atom. The van der Waals surface area contributed by atoms with Crippen molar-refractivity contribution in [1.29, 1.82) is 0 Å². The molecule has 0 fully saturated rings. The van der Waals surface area contributed by atoms with Crippen LogP contribution in [0.5, 0.6) is 5.88 Å². The largest absolute Gasteiger partial charge is 0.515 e. The van der Waals surface area contributed by atoms with Crippen LogP contribution >= 0.6 is 23.2 Å². The quantitative estimate of drug-likeness (QED) is 0.614. The number of methoxy groups -OCH3 is 1. The Labute approximate surface area is 168 Å². The number of carbonyl (C=O) groups is 1. The maximum atomic E-state index is 11.5. The predicted octanol–water partition coefficient (Wildman–Crippen LogP) is 4.21. The van der Waals surface area contributed by atoms with E-state index in [9.17, 15) is 4.79 Å². The van der Waals surface area contributed by atoms with Gasteiger partial charge in [-0.15, -0.1) is 10.2 Å². The molecule has 0 amide bonds.